The van der Waals surface area contributed by atoms with Crippen LogP contribution in [0.4, 0.5) is 0 Å². The van der Waals surface area contributed by atoms with Gasteiger partial charge >= 0.3 is 0 Å². The summed E-state index contributed by atoms with van der Waals surface area (Å²) in [5, 5.41) is 9.00. The molecule has 0 unspecified atom stereocenters. The van der Waals surface area contributed by atoms with Crippen molar-refractivity contribution in [3.8, 4) is 0 Å². The topological polar surface area (TPSA) is 20.2 Å². The lowest BCUT2D eigenvalue weighted by molar-refractivity contribution is 0.329. The van der Waals surface area contributed by atoms with Gasteiger partial charge in [-0.3, -0.25) is 0 Å². The summed E-state index contributed by atoms with van der Waals surface area (Å²) in [6.07, 6.45) is 9.07. The van der Waals surface area contributed by atoms with Crippen molar-refractivity contribution < 1.29 is 5.11 Å². The quantitative estimate of drug-likeness (QED) is 0.630. The lowest BCUT2D eigenvalue weighted by Gasteiger charge is -2.04. The summed E-state index contributed by atoms with van der Waals surface area (Å²) in [4.78, 5) is 0. The first-order valence-electron chi connectivity index (χ1n) is 6.52. The van der Waals surface area contributed by atoms with E-state index in [4.69, 9.17) is 5.11 Å². The largest absolute Gasteiger partial charge is 0.392 e. The Bertz CT molecular complexity index is 301. The maximum absolute atomic E-state index is 9.00. The van der Waals surface area contributed by atoms with Crippen LogP contribution in [0.25, 0.3) is 0 Å². The van der Waals surface area contributed by atoms with Gasteiger partial charge in [-0.05, 0) is 65.9 Å². The van der Waals surface area contributed by atoms with E-state index in [1.807, 2.05) is 6.92 Å². The van der Waals surface area contributed by atoms with Gasteiger partial charge in [0.1, 0.15) is 0 Å². The molecule has 0 aromatic carbocycles. The van der Waals surface area contributed by atoms with E-state index in [-0.39, 0.29) is 6.61 Å². The summed E-state index contributed by atoms with van der Waals surface area (Å²) < 4.78 is 0. The molecule has 0 aromatic rings. The zero-order valence-electron chi connectivity index (χ0n) is 12.1. The Balaban J connectivity index is 3.96. The average molecular weight is 236 g/mol. The van der Waals surface area contributed by atoms with E-state index in [1.165, 1.54) is 16.7 Å². The number of aliphatic hydroxyl groups is 1. The summed E-state index contributed by atoms with van der Waals surface area (Å²) in [6, 6.07) is 0. The summed E-state index contributed by atoms with van der Waals surface area (Å²) in [6.45, 7) is 10.8. The van der Waals surface area contributed by atoms with Gasteiger partial charge in [-0.15, -0.1) is 0 Å². The molecule has 0 spiro atoms. The molecule has 0 rings (SSSR count). The van der Waals surface area contributed by atoms with Gasteiger partial charge in [0.25, 0.3) is 0 Å². The molecule has 0 radical (unpaired) electrons. The Morgan fingerprint density at radius 2 is 1.41 bits per heavy atom. The lowest BCUT2D eigenvalue weighted by atomic mass is 10.0. The zero-order valence-corrected chi connectivity index (χ0v) is 12.1. The molecule has 0 aliphatic rings. The molecule has 1 nitrogen and oxygen atoms in total. The first-order chi connectivity index (χ1) is 7.97. The number of hydrogen-bond acceptors (Lipinski definition) is 1. The molecule has 0 amide bonds. The van der Waals surface area contributed by atoms with Crippen molar-refractivity contribution in [1.82, 2.24) is 0 Å². The summed E-state index contributed by atoms with van der Waals surface area (Å²) in [7, 11) is 0. The molecule has 1 heteroatoms. The molecule has 0 saturated carbocycles. The van der Waals surface area contributed by atoms with Crippen LogP contribution in [0, 0.1) is 0 Å². The van der Waals surface area contributed by atoms with E-state index < -0.39 is 0 Å². The van der Waals surface area contributed by atoms with Gasteiger partial charge in [0.15, 0.2) is 0 Å². The van der Waals surface area contributed by atoms with Crippen molar-refractivity contribution in [2.75, 3.05) is 6.61 Å². The fraction of sp³-hybridized carbons (Fsp3) is 0.625. The van der Waals surface area contributed by atoms with Crippen LogP contribution in [0.3, 0.4) is 0 Å². The fourth-order valence-electron chi connectivity index (χ4n) is 1.57. The van der Waals surface area contributed by atoms with Crippen molar-refractivity contribution in [3.05, 3.63) is 34.4 Å². The second-order valence-corrected chi connectivity index (χ2v) is 5.13. The Labute approximate surface area is 107 Å². The van der Waals surface area contributed by atoms with Crippen LogP contribution in [-0.2, 0) is 0 Å². The Morgan fingerprint density at radius 1 is 0.824 bits per heavy atom. The van der Waals surface area contributed by atoms with E-state index in [9.17, 15) is 0 Å². The van der Waals surface area contributed by atoms with Gasteiger partial charge in [0, 0.05) is 0 Å². The predicted molar refractivity (Wildman–Crippen MR) is 77.1 cm³/mol. The first-order valence-corrected chi connectivity index (χ1v) is 6.52. The monoisotopic (exact) mass is 236 g/mol. The second-order valence-electron chi connectivity index (χ2n) is 5.13. The van der Waals surface area contributed by atoms with Gasteiger partial charge in [0.2, 0.25) is 0 Å². The number of allylic oxidation sites excluding steroid dienone is 5. The molecule has 0 aromatic heterocycles. The number of rotatable bonds is 7. The Kier molecular flexibility index (Phi) is 8.79. The summed E-state index contributed by atoms with van der Waals surface area (Å²) in [5.74, 6) is 0. The van der Waals surface area contributed by atoms with Crippen LogP contribution < -0.4 is 0 Å². The summed E-state index contributed by atoms with van der Waals surface area (Å²) in [5.41, 5.74) is 5.30. The van der Waals surface area contributed by atoms with Gasteiger partial charge < -0.3 is 5.11 Å². The fourth-order valence-corrected chi connectivity index (χ4v) is 1.57. The maximum atomic E-state index is 9.00. The van der Waals surface area contributed by atoms with Crippen molar-refractivity contribution in [2.45, 2.75) is 60.3 Å². The minimum atomic E-state index is 0.190. The third-order valence-electron chi connectivity index (χ3n) is 3.07. The second kappa shape index (κ2) is 9.23. The predicted octanol–water partition coefficient (Wildman–Crippen LogP) is 4.79. The molecule has 0 bridgehead atoms. The van der Waals surface area contributed by atoms with E-state index in [0.29, 0.717) is 0 Å². The highest BCUT2D eigenvalue weighted by atomic mass is 16.3. The standard InChI is InChI=1S/C16H28O/c1-13(2)8-6-9-14(3)10-7-11-15(4)16(5)12-17/h8,10,17H,6-7,9,11-12H2,1-5H3. The van der Waals surface area contributed by atoms with Crippen LogP contribution in [0.5, 0.6) is 0 Å². The minimum absolute atomic E-state index is 0.190. The van der Waals surface area contributed by atoms with E-state index in [1.54, 1.807) is 0 Å². The molecular weight excluding hydrogens is 208 g/mol. The molecule has 1 N–H and O–H groups in total. The highest BCUT2D eigenvalue weighted by Gasteiger charge is 1.95. The Morgan fingerprint density at radius 3 is 1.94 bits per heavy atom. The summed E-state index contributed by atoms with van der Waals surface area (Å²) >= 11 is 0. The molecule has 0 saturated heterocycles. The highest BCUT2D eigenvalue weighted by molar-refractivity contribution is 5.11. The normalized spacial score (nSPS) is 13.4. The SMILES string of the molecule is CC(C)=CCCC(C)=CCCC(C)=C(C)CO. The van der Waals surface area contributed by atoms with Crippen molar-refractivity contribution in [3.63, 3.8) is 0 Å². The first kappa shape index (κ1) is 16.2. The number of aliphatic hydroxyl groups excluding tert-OH is 1. The van der Waals surface area contributed by atoms with Gasteiger partial charge in [0.05, 0.1) is 6.61 Å². The zero-order chi connectivity index (χ0) is 13.3. The van der Waals surface area contributed by atoms with Crippen molar-refractivity contribution in [1.29, 1.82) is 0 Å². The van der Waals surface area contributed by atoms with E-state index in [2.05, 4.69) is 39.8 Å². The van der Waals surface area contributed by atoms with Crippen LogP contribution in [0.15, 0.2) is 34.4 Å². The van der Waals surface area contributed by atoms with Crippen LogP contribution in [0.1, 0.15) is 60.3 Å². The average Bonchev–Trinajstić information content (AvgIpc) is 2.27. The van der Waals surface area contributed by atoms with Crippen LogP contribution in [-0.4, -0.2) is 11.7 Å². The number of hydrogen-bond donors (Lipinski definition) is 1. The van der Waals surface area contributed by atoms with Crippen LogP contribution in [0.2, 0.25) is 0 Å². The molecule has 0 aliphatic carbocycles. The third-order valence-corrected chi connectivity index (χ3v) is 3.07. The maximum Gasteiger partial charge on any atom is 0.0641 e. The van der Waals surface area contributed by atoms with Crippen LogP contribution >= 0.6 is 0 Å². The minimum Gasteiger partial charge on any atom is -0.392 e. The third kappa shape index (κ3) is 8.93. The van der Waals surface area contributed by atoms with E-state index in [0.717, 1.165) is 31.3 Å². The Hall–Kier alpha value is -0.820. The van der Waals surface area contributed by atoms with Crippen molar-refractivity contribution in [2.24, 2.45) is 0 Å². The molecular formula is C16H28O. The van der Waals surface area contributed by atoms with Gasteiger partial charge in [-0.1, -0.05) is 28.9 Å². The molecule has 0 atom stereocenters. The molecule has 0 fully saturated rings. The molecule has 98 valence electrons. The smallest absolute Gasteiger partial charge is 0.0641 e. The lowest BCUT2D eigenvalue weighted by Crippen LogP contribution is -1.90. The molecule has 17 heavy (non-hydrogen) atoms. The van der Waals surface area contributed by atoms with Gasteiger partial charge in [-0.2, -0.15) is 0 Å². The molecule has 0 heterocycles. The van der Waals surface area contributed by atoms with Gasteiger partial charge in [-0.25, -0.2) is 0 Å². The highest BCUT2D eigenvalue weighted by Crippen LogP contribution is 2.13. The molecule has 0 aliphatic heterocycles. The van der Waals surface area contributed by atoms with Crippen molar-refractivity contribution >= 4 is 0 Å². The van der Waals surface area contributed by atoms with E-state index >= 15 is 0 Å².